The van der Waals surface area contributed by atoms with Gasteiger partial charge >= 0.3 is 5.97 Å². The van der Waals surface area contributed by atoms with E-state index in [4.69, 9.17) is 0 Å². The van der Waals surface area contributed by atoms with Crippen LogP contribution in [0.4, 0.5) is 10.1 Å². The van der Waals surface area contributed by atoms with Gasteiger partial charge in [-0.15, -0.1) is 0 Å². The van der Waals surface area contributed by atoms with Gasteiger partial charge in [0.25, 0.3) is 5.56 Å². The Bertz CT molecular complexity index is 1040. The number of ether oxygens (including phenoxy) is 1. The van der Waals surface area contributed by atoms with Crippen molar-refractivity contribution in [3.05, 3.63) is 70.0 Å². The highest BCUT2D eigenvalue weighted by Gasteiger charge is 2.12. The number of esters is 1. The SMILES string of the molecule is COC(=O)c1ccc2c(=O)[nH]c(CC(=O)Nc3ccc(F)cc3)nc2c1. The third-order valence-electron chi connectivity index (χ3n) is 3.63. The zero-order valence-corrected chi connectivity index (χ0v) is 13.7. The van der Waals surface area contributed by atoms with Crippen molar-refractivity contribution < 1.29 is 18.7 Å². The second-order valence-corrected chi connectivity index (χ2v) is 5.47. The van der Waals surface area contributed by atoms with Crippen LogP contribution in [-0.2, 0) is 16.0 Å². The second-order valence-electron chi connectivity index (χ2n) is 5.47. The summed E-state index contributed by atoms with van der Waals surface area (Å²) in [5, 5.41) is 2.87. The zero-order chi connectivity index (χ0) is 18.7. The van der Waals surface area contributed by atoms with Crippen LogP contribution in [0.2, 0.25) is 0 Å². The Hall–Kier alpha value is -3.55. The fourth-order valence-corrected chi connectivity index (χ4v) is 2.41. The minimum Gasteiger partial charge on any atom is -0.465 e. The number of hydrogen-bond acceptors (Lipinski definition) is 5. The van der Waals surface area contributed by atoms with Crippen LogP contribution in [0.5, 0.6) is 0 Å². The molecule has 1 heterocycles. The molecule has 2 N–H and O–H groups in total. The van der Waals surface area contributed by atoms with E-state index < -0.39 is 23.3 Å². The minimum absolute atomic E-state index is 0.143. The molecule has 3 rings (SSSR count). The Kier molecular flexibility index (Phi) is 4.74. The van der Waals surface area contributed by atoms with E-state index in [1.165, 1.54) is 49.6 Å². The predicted octanol–water partition coefficient (Wildman–Crippen LogP) is 2.03. The molecule has 26 heavy (non-hydrogen) atoms. The number of nitrogens with zero attached hydrogens (tertiary/aromatic N) is 1. The first kappa shape index (κ1) is 17.3. The van der Waals surface area contributed by atoms with Crippen molar-refractivity contribution >= 4 is 28.5 Å². The van der Waals surface area contributed by atoms with E-state index in [1.807, 2.05) is 0 Å². The lowest BCUT2D eigenvalue weighted by atomic mass is 10.1. The van der Waals surface area contributed by atoms with E-state index in [1.54, 1.807) is 0 Å². The maximum Gasteiger partial charge on any atom is 0.337 e. The number of H-pyrrole nitrogens is 1. The van der Waals surface area contributed by atoms with Gasteiger partial charge in [0.05, 0.1) is 30.0 Å². The number of anilines is 1. The van der Waals surface area contributed by atoms with Crippen molar-refractivity contribution in [2.45, 2.75) is 6.42 Å². The number of nitrogens with one attached hydrogen (secondary N) is 2. The Morgan fingerprint density at radius 3 is 2.62 bits per heavy atom. The van der Waals surface area contributed by atoms with Gasteiger partial charge in [0.2, 0.25) is 5.91 Å². The van der Waals surface area contributed by atoms with E-state index >= 15 is 0 Å². The number of aromatic nitrogens is 2. The summed E-state index contributed by atoms with van der Waals surface area (Å²) in [6.07, 6.45) is -0.189. The lowest BCUT2D eigenvalue weighted by Crippen LogP contribution is -2.20. The van der Waals surface area contributed by atoms with Gasteiger partial charge in [0.15, 0.2) is 0 Å². The standard InChI is InChI=1S/C18H14FN3O4/c1-26-18(25)10-2-7-13-14(8-10)21-15(22-17(13)24)9-16(23)20-12-5-3-11(19)4-6-12/h2-8H,9H2,1H3,(H,20,23)(H,21,22,24). The van der Waals surface area contributed by atoms with Crippen molar-refractivity contribution in [3.8, 4) is 0 Å². The van der Waals surface area contributed by atoms with E-state index in [9.17, 15) is 18.8 Å². The number of benzene rings is 2. The van der Waals surface area contributed by atoms with Gasteiger partial charge < -0.3 is 15.0 Å². The van der Waals surface area contributed by atoms with Crippen LogP contribution in [0.15, 0.2) is 47.3 Å². The summed E-state index contributed by atoms with van der Waals surface area (Å²) in [6.45, 7) is 0. The smallest absolute Gasteiger partial charge is 0.337 e. The van der Waals surface area contributed by atoms with Crippen LogP contribution >= 0.6 is 0 Å². The topological polar surface area (TPSA) is 101 Å². The molecule has 1 amide bonds. The number of aromatic amines is 1. The summed E-state index contributed by atoms with van der Waals surface area (Å²) < 4.78 is 17.5. The molecule has 0 aliphatic carbocycles. The lowest BCUT2D eigenvalue weighted by Gasteiger charge is -2.06. The molecule has 132 valence electrons. The summed E-state index contributed by atoms with van der Waals surface area (Å²) in [5.74, 6) is -1.25. The number of carbonyl (C=O) groups is 2. The fourth-order valence-electron chi connectivity index (χ4n) is 2.41. The van der Waals surface area contributed by atoms with Crippen LogP contribution in [-0.4, -0.2) is 29.0 Å². The normalized spacial score (nSPS) is 10.5. The molecule has 0 saturated carbocycles. The highest BCUT2D eigenvalue weighted by Crippen LogP contribution is 2.12. The lowest BCUT2D eigenvalue weighted by molar-refractivity contribution is -0.115. The molecule has 3 aromatic rings. The predicted molar refractivity (Wildman–Crippen MR) is 92.4 cm³/mol. The fraction of sp³-hybridized carbons (Fsp3) is 0.111. The quantitative estimate of drug-likeness (QED) is 0.698. The number of rotatable bonds is 4. The number of amides is 1. The number of methoxy groups -OCH3 is 1. The Morgan fingerprint density at radius 2 is 1.92 bits per heavy atom. The Morgan fingerprint density at radius 1 is 1.19 bits per heavy atom. The summed E-state index contributed by atoms with van der Waals surface area (Å²) in [6, 6.07) is 9.65. The second kappa shape index (κ2) is 7.14. The van der Waals surface area contributed by atoms with Crippen molar-refractivity contribution in [1.29, 1.82) is 0 Å². The molecule has 0 atom stereocenters. The number of halogens is 1. The zero-order valence-electron chi connectivity index (χ0n) is 13.7. The van der Waals surface area contributed by atoms with Gasteiger partial charge in [-0.25, -0.2) is 14.2 Å². The first-order chi connectivity index (χ1) is 12.5. The highest BCUT2D eigenvalue weighted by molar-refractivity contribution is 5.94. The monoisotopic (exact) mass is 355 g/mol. The van der Waals surface area contributed by atoms with Crippen molar-refractivity contribution in [1.82, 2.24) is 9.97 Å². The molecule has 0 radical (unpaired) electrons. The molecule has 0 aliphatic heterocycles. The first-order valence-electron chi connectivity index (χ1n) is 7.63. The number of carbonyl (C=O) groups excluding carboxylic acids is 2. The van der Waals surface area contributed by atoms with Gasteiger partial charge in [-0.05, 0) is 42.5 Å². The summed E-state index contributed by atoms with van der Waals surface area (Å²) in [5.41, 5.74) is 0.532. The maximum absolute atomic E-state index is 12.9. The van der Waals surface area contributed by atoms with Crippen LogP contribution in [0.25, 0.3) is 10.9 Å². The van der Waals surface area contributed by atoms with Gasteiger partial charge in [-0.3, -0.25) is 9.59 Å². The Balaban J connectivity index is 1.85. The molecule has 0 saturated heterocycles. The van der Waals surface area contributed by atoms with Gasteiger partial charge in [0, 0.05) is 5.69 Å². The van der Waals surface area contributed by atoms with Crippen LogP contribution < -0.4 is 10.9 Å². The molecule has 7 nitrogen and oxygen atoms in total. The number of hydrogen-bond donors (Lipinski definition) is 2. The van der Waals surface area contributed by atoms with Gasteiger partial charge in [-0.1, -0.05) is 0 Å². The average molecular weight is 355 g/mol. The number of fused-ring (bicyclic) bond motifs is 1. The molecule has 0 spiro atoms. The Labute approximate surface area is 146 Å². The molecule has 8 heteroatoms. The van der Waals surface area contributed by atoms with Crippen molar-refractivity contribution in [2.24, 2.45) is 0 Å². The van der Waals surface area contributed by atoms with Crippen LogP contribution in [0, 0.1) is 5.82 Å². The molecule has 2 aromatic carbocycles. The third-order valence-corrected chi connectivity index (χ3v) is 3.63. The molecule has 1 aromatic heterocycles. The third kappa shape index (κ3) is 3.75. The first-order valence-corrected chi connectivity index (χ1v) is 7.63. The van der Waals surface area contributed by atoms with Gasteiger partial charge in [-0.2, -0.15) is 0 Å². The molecule has 0 fully saturated rings. The van der Waals surface area contributed by atoms with E-state index in [2.05, 4.69) is 20.0 Å². The van der Waals surface area contributed by atoms with E-state index in [0.717, 1.165) is 0 Å². The van der Waals surface area contributed by atoms with Gasteiger partial charge in [0.1, 0.15) is 11.6 Å². The largest absolute Gasteiger partial charge is 0.465 e. The molecule has 0 bridgehead atoms. The molecule has 0 aliphatic rings. The van der Waals surface area contributed by atoms with E-state index in [0.29, 0.717) is 11.1 Å². The highest BCUT2D eigenvalue weighted by atomic mass is 19.1. The molecular formula is C18H14FN3O4. The van der Waals surface area contributed by atoms with Crippen LogP contribution in [0.3, 0.4) is 0 Å². The average Bonchev–Trinajstić information content (AvgIpc) is 2.62. The summed E-state index contributed by atoms with van der Waals surface area (Å²) >= 11 is 0. The summed E-state index contributed by atoms with van der Waals surface area (Å²) in [4.78, 5) is 42.6. The maximum atomic E-state index is 12.9. The van der Waals surface area contributed by atoms with Crippen molar-refractivity contribution in [3.63, 3.8) is 0 Å². The summed E-state index contributed by atoms with van der Waals surface area (Å²) in [7, 11) is 1.25. The van der Waals surface area contributed by atoms with Crippen molar-refractivity contribution in [2.75, 3.05) is 12.4 Å². The van der Waals surface area contributed by atoms with Crippen LogP contribution in [0.1, 0.15) is 16.2 Å². The minimum atomic E-state index is -0.551. The molecule has 0 unspecified atom stereocenters. The van der Waals surface area contributed by atoms with E-state index in [-0.39, 0.29) is 23.3 Å². The molecular weight excluding hydrogens is 341 g/mol.